The van der Waals surface area contributed by atoms with Crippen molar-refractivity contribution in [3.05, 3.63) is 131 Å². The number of hydrogen-bond donors (Lipinski definition) is 0. The molecule has 51 heavy (non-hydrogen) atoms. The Morgan fingerprint density at radius 1 is 0.961 bits per heavy atom. The van der Waals surface area contributed by atoms with Gasteiger partial charge in [-0.25, -0.2) is 14.6 Å². The molecule has 0 amide bonds. The van der Waals surface area contributed by atoms with E-state index >= 15 is 0 Å². The van der Waals surface area contributed by atoms with Crippen molar-refractivity contribution in [2.45, 2.75) is 39.8 Å². The number of fused-ring (bicyclic) bond motifs is 1. The highest BCUT2D eigenvalue weighted by Crippen LogP contribution is 2.36. The van der Waals surface area contributed by atoms with Crippen LogP contribution < -0.4 is 29.1 Å². The third kappa shape index (κ3) is 8.56. The molecule has 0 spiro atoms. The summed E-state index contributed by atoms with van der Waals surface area (Å²) in [6, 6.07) is 15.1. The summed E-state index contributed by atoms with van der Waals surface area (Å²) in [5, 5.41) is 0.917. The van der Waals surface area contributed by atoms with Crippen LogP contribution in [0.4, 0.5) is 0 Å². The van der Waals surface area contributed by atoms with Crippen LogP contribution in [0.1, 0.15) is 49.1 Å². The average Bonchev–Trinajstić information content (AvgIpc) is 3.41. The summed E-state index contributed by atoms with van der Waals surface area (Å²) in [7, 11) is 1.27. The Kier molecular flexibility index (Phi) is 12.4. The smallest absolute Gasteiger partial charge is 0.343 e. The maximum absolute atomic E-state index is 14.2. The molecule has 3 aromatic carbocycles. The molecule has 1 aliphatic heterocycles. The minimum Gasteiger partial charge on any atom is -0.490 e. The second-order valence-electron chi connectivity index (χ2n) is 11.2. The molecule has 0 bridgehead atoms. The number of hydrogen-bond acceptors (Lipinski definition) is 10. The van der Waals surface area contributed by atoms with Gasteiger partial charge >= 0.3 is 11.9 Å². The van der Waals surface area contributed by atoms with Gasteiger partial charge in [0.1, 0.15) is 12.4 Å². The molecule has 0 radical (unpaired) electrons. The topological polar surface area (TPSA) is 115 Å². The Morgan fingerprint density at radius 2 is 1.75 bits per heavy atom. The van der Waals surface area contributed by atoms with Crippen molar-refractivity contribution < 1.29 is 33.3 Å². The first kappa shape index (κ1) is 37.4. The number of carbonyl (C=O) groups is 2. The Labute approximate surface area is 308 Å². The minimum atomic E-state index is -0.884. The van der Waals surface area contributed by atoms with Crippen LogP contribution >= 0.6 is 34.5 Å². The van der Waals surface area contributed by atoms with Crippen molar-refractivity contribution in [1.29, 1.82) is 0 Å². The maximum atomic E-state index is 14.2. The lowest BCUT2D eigenvalue weighted by molar-refractivity contribution is -0.143. The Bertz CT molecular complexity index is 2190. The van der Waals surface area contributed by atoms with Crippen molar-refractivity contribution in [1.82, 2.24) is 4.57 Å². The molecule has 10 nitrogen and oxygen atoms in total. The molecule has 0 saturated carbocycles. The number of benzene rings is 3. The third-order valence-corrected chi connectivity index (χ3v) is 9.52. The number of aromatic nitrogens is 1. The zero-order chi connectivity index (χ0) is 36.7. The molecule has 0 fully saturated rings. The summed E-state index contributed by atoms with van der Waals surface area (Å²) in [6.45, 7) is 9.52. The van der Waals surface area contributed by atoms with Gasteiger partial charge in [0.05, 0.1) is 52.2 Å². The first-order chi connectivity index (χ1) is 24.6. The summed E-state index contributed by atoms with van der Waals surface area (Å²) >= 11 is 13.4. The summed E-state index contributed by atoms with van der Waals surface area (Å²) in [5.74, 6) is 0.149. The van der Waals surface area contributed by atoms with Crippen LogP contribution in [0.5, 0.6) is 17.2 Å². The van der Waals surface area contributed by atoms with Gasteiger partial charge in [-0.15, -0.1) is 6.58 Å². The molecule has 1 aliphatic rings. The number of esters is 2. The third-order valence-electron chi connectivity index (χ3n) is 7.80. The van der Waals surface area contributed by atoms with E-state index in [1.54, 1.807) is 56.3 Å². The lowest BCUT2D eigenvalue weighted by Gasteiger charge is -2.25. The molecule has 0 saturated heterocycles. The van der Waals surface area contributed by atoms with Gasteiger partial charge in [0, 0.05) is 0 Å². The number of methoxy groups -OCH3 is 1. The summed E-state index contributed by atoms with van der Waals surface area (Å²) in [4.78, 5) is 44.5. The second-order valence-corrected chi connectivity index (χ2v) is 13.0. The standard InChI is InChI=1S/C38H36Cl2N2O8S/c1-6-9-25-16-23(11-14-29(25)49-20-24-10-13-27(39)28(40)17-24)18-32-36(44)42-35(34(37(45)48-8-3)22(4)41-38(42)51-32)26-12-15-30(31(19-26)47-7-2)50-21-33(43)46-5/h6,10-19,35H,1,7-9,20-21H2,2-5H3/b32-18-/t35-/m0/s1. The molecule has 2 heterocycles. The van der Waals surface area contributed by atoms with Crippen LogP contribution in [0.15, 0.2) is 88.3 Å². The summed E-state index contributed by atoms with van der Waals surface area (Å²) in [5.41, 5.74) is 3.37. The van der Waals surface area contributed by atoms with E-state index in [0.29, 0.717) is 60.9 Å². The quantitative estimate of drug-likeness (QED) is 0.108. The maximum Gasteiger partial charge on any atom is 0.343 e. The van der Waals surface area contributed by atoms with Gasteiger partial charge in [-0.05, 0) is 91.9 Å². The summed E-state index contributed by atoms with van der Waals surface area (Å²) < 4.78 is 29.7. The predicted octanol–water partition coefficient (Wildman–Crippen LogP) is 6.36. The number of thiazole rings is 1. The molecule has 5 rings (SSSR count). The fraction of sp³-hybridized carbons (Fsp3) is 0.263. The Hall–Kier alpha value is -4.84. The normalized spacial score (nSPS) is 14.0. The number of nitrogens with zero attached hydrogens (tertiary/aromatic N) is 2. The largest absolute Gasteiger partial charge is 0.490 e. The highest BCUT2D eigenvalue weighted by molar-refractivity contribution is 7.07. The fourth-order valence-corrected chi connectivity index (χ4v) is 6.84. The Morgan fingerprint density at radius 3 is 2.45 bits per heavy atom. The highest BCUT2D eigenvalue weighted by atomic mass is 35.5. The first-order valence-electron chi connectivity index (χ1n) is 16.0. The van der Waals surface area contributed by atoms with Gasteiger partial charge < -0.3 is 23.7 Å². The van der Waals surface area contributed by atoms with Crippen LogP contribution in [0.2, 0.25) is 10.0 Å². The van der Waals surface area contributed by atoms with Crippen molar-refractivity contribution in [2.24, 2.45) is 4.99 Å². The van der Waals surface area contributed by atoms with E-state index in [4.69, 9.17) is 46.9 Å². The van der Waals surface area contributed by atoms with Gasteiger partial charge in [0.2, 0.25) is 0 Å². The number of allylic oxidation sites excluding steroid dienone is 2. The average molecular weight is 752 g/mol. The fourth-order valence-electron chi connectivity index (χ4n) is 5.47. The van der Waals surface area contributed by atoms with Gasteiger partial charge in [-0.1, -0.05) is 58.8 Å². The lowest BCUT2D eigenvalue weighted by Crippen LogP contribution is -2.40. The minimum absolute atomic E-state index is 0.136. The van der Waals surface area contributed by atoms with Gasteiger partial charge in [-0.3, -0.25) is 9.36 Å². The first-order valence-corrected chi connectivity index (χ1v) is 17.6. The molecule has 13 heteroatoms. The van der Waals surface area contributed by atoms with E-state index in [0.717, 1.165) is 16.7 Å². The van der Waals surface area contributed by atoms with Crippen LogP contribution in [-0.4, -0.2) is 43.4 Å². The number of halogens is 2. The lowest BCUT2D eigenvalue weighted by atomic mass is 9.95. The molecule has 0 N–H and O–H groups in total. The van der Waals surface area contributed by atoms with Gasteiger partial charge in [0.25, 0.3) is 5.56 Å². The van der Waals surface area contributed by atoms with Crippen molar-refractivity contribution in [2.75, 3.05) is 26.9 Å². The highest BCUT2D eigenvalue weighted by Gasteiger charge is 2.34. The van der Waals surface area contributed by atoms with E-state index in [-0.39, 0.29) is 31.0 Å². The number of carbonyl (C=O) groups excluding carboxylic acids is 2. The van der Waals surface area contributed by atoms with Crippen molar-refractivity contribution in [3.8, 4) is 17.2 Å². The Balaban J connectivity index is 1.56. The molecule has 0 unspecified atom stereocenters. The molecular weight excluding hydrogens is 715 g/mol. The molecule has 4 aromatic rings. The van der Waals surface area contributed by atoms with Crippen LogP contribution in [-0.2, 0) is 32.1 Å². The zero-order valence-electron chi connectivity index (χ0n) is 28.5. The molecule has 0 aliphatic carbocycles. The predicted molar refractivity (Wildman–Crippen MR) is 197 cm³/mol. The van der Waals surface area contributed by atoms with Crippen molar-refractivity contribution in [3.63, 3.8) is 0 Å². The molecular formula is C38H36Cl2N2O8S. The van der Waals surface area contributed by atoms with Gasteiger partial charge in [0.15, 0.2) is 22.9 Å². The van der Waals surface area contributed by atoms with E-state index in [9.17, 15) is 14.4 Å². The van der Waals surface area contributed by atoms with Crippen LogP contribution in [0.25, 0.3) is 6.08 Å². The van der Waals surface area contributed by atoms with E-state index in [2.05, 4.69) is 11.6 Å². The van der Waals surface area contributed by atoms with Crippen LogP contribution in [0.3, 0.4) is 0 Å². The van der Waals surface area contributed by atoms with Crippen LogP contribution in [0, 0.1) is 0 Å². The second kappa shape index (κ2) is 16.9. The number of ether oxygens (including phenoxy) is 5. The SMILES string of the molecule is C=CCc1cc(/C=c2\sc3n(c2=O)[C@@H](c2ccc(OCC(=O)OC)c(OCC)c2)C(C(=O)OCC)=C(C)N=3)ccc1OCc1ccc(Cl)c(Cl)c1. The van der Waals surface area contributed by atoms with Crippen molar-refractivity contribution >= 4 is 52.6 Å². The van der Waals surface area contributed by atoms with E-state index in [1.165, 1.54) is 23.0 Å². The molecule has 1 atom stereocenters. The summed E-state index contributed by atoms with van der Waals surface area (Å²) in [6.07, 6.45) is 4.10. The van der Waals surface area contributed by atoms with E-state index < -0.39 is 18.0 Å². The van der Waals surface area contributed by atoms with E-state index in [1.807, 2.05) is 31.2 Å². The zero-order valence-corrected chi connectivity index (χ0v) is 30.8. The monoisotopic (exact) mass is 750 g/mol. The molecule has 1 aromatic heterocycles. The molecule has 266 valence electrons. The van der Waals surface area contributed by atoms with Gasteiger partial charge in [-0.2, -0.15) is 0 Å². The number of rotatable bonds is 14.